The summed E-state index contributed by atoms with van der Waals surface area (Å²) in [7, 11) is 0. The molecule has 0 saturated carbocycles. The fraction of sp³-hybridized carbons (Fsp3) is 0.333. The van der Waals surface area contributed by atoms with Crippen molar-refractivity contribution < 1.29 is 57.1 Å². The first kappa shape index (κ1) is 41.9. The molecule has 0 radical (unpaired) electrons. The molecule has 0 unspecified atom stereocenters. The van der Waals surface area contributed by atoms with Gasteiger partial charge in [0.15, 0.2) is 0 Å². The second kappa shape index (κ2) is 15.2. The molecule has 0 nitrogen and oxygen atoms in total. The molecule has 0 bridgehead atoms. The van der Waals surface area contributed by atoms with Crippen molar-refractivity contribution in [3.05, 3.63) is 82.6 Å². The number of halogens is 13. The fourth-order valence-electron chi connectivity index (χ4n) is 5.66. The molecule has 0 amide bonds. The highest BCUT2D eigenvalue weighted by molar-refractivity contribution is 7.30. The fourth-order valence-corrected chi connectivity index (χ4v) is 12.2. The van der Waals surface area contributed by atoms with E-state index in [0.29, 0.717) is 26.0 Å². The van der Waals surface area contributed by atoms with Gasteiger partial charge in [0.05, 0.1) is 24.1 Å². The number of thiophene rings is 6. The van der Waals surface area contributed by atoms with Gasteiger partial charge in [-0.3, -0.25) is 0 Å². The maximum Gasteiger partial charge on any atom is 0.394 e. The SMILES string of the molecule is CC(F)(F)CC(F)(F)CC(F)(F)c1ccc(-c2ccc(-c3ccc(-c4ccc(-c5ccc(-c6ccc(CC(F)(F)CC(F)(F)CC(F)(F)F)s6)s5)s4)s3)s2)s1. The molecular weight excluding hydrogens is 872 g/mol. The lowest BCUT2D eigenvalue weighted by molar-refractivity contribution is -0.205. The van der Waals surface area contributed by atoms with Gasteiger partial charge in [0, 0.05) is 60.1 Å². The van der Waals surface area contributed by atoms with Crippen molar-refractivity contribution in [3.63, 3.8) is 0 Å². The van der Waals surface area contributed by atoms with Gasteiger partial charge >= 0.3 is 6.18 Å². The molecule has 6 heterocycles. The minimum atomic E-state index is -5.27. The Kier molecular flexibility index (Phi) is 11.6. The third kappa shape index (κ3) is 11.0. The van der Waals surface area contributed by atoms with E-state index in [0.717, 1.165) is 51.5 Å². The summed E-state index contributed by atoms with van der Waals surface area (Å²) >= 11 is 7.29. The Morgan fingerprint density at radius 1 is 0.364 bits per heavy atom. The van der Waals surface area contributed by atoms with Crippen LogP contribution in [-0.4, -0.2) is 29.9 Å². The van der Waals surface area contributed by atoms with Crippen LogP contribution in [0.25, 0.3) is 48.8 Å². The molecule has 6 rings (SSSR count). The van der Waals surface area contributed by atoms with Gasteiger partial charge in [-0.15, -0.1) is 68.0 Å². The molecule has 0 aromatic carbocycles. The number of alkyl halides is 13. The Morgan fingerprint density at radius 2 is 0.709 bits per heavy atom. The van der Waals surface area contributed by atoms with Crippen LogP contribution >= 0.6 is 68.0 Å². The molecule has 0 saturated heterocycles. The van der Waals surface area contributed by atoms with Gasteiger partial charge in [-0.1, -0.05) is 0 Å². The molecule has 0 spiro atoms. The summed E-state index contributed by atoms with van der Waals surface area (Å²) in [6.45, 7) is 0.259. The van der Waals surface area contributed by atoms with Crippen molar-refractivity contribution in [3.8, 4) is 48.8 Å². The summed E-state index contributed by atoms with van der Waals surface area (Å²) in [6.07, 6.45) is -15.2. The second-order valence-electron chi connectivity index (χ2n) is 12.9. The molecule has 0 atom stereocenters. The molecule has 0 N–H and O–H groups in total. The monoisotopic (exact) mass is 896 g/mol. The zero-order valence-corrected chi connectivity index (χ0v) is 32.7. The molecule has 19 heteroatoms. The van der Waals surface area contributed by atoms with Crippen LogP contribution in [0.1, 0.15) is 42.4 Å². The van der Waals surface area contributed by atoms with Crippen LogP contribution in [0.4, 0.5) is 57.1 Å². The number of rotatable bonds is 15. The quantitative estimate of drug-likeness (QED) is 0.0901. The molecule has 0 fully saturated rings. The first-order chi connectivity index (χ1) is 25.3. The molecule has 55 heavy (non-hydrogen) atoms. The topological polar surface area (TPSA) is 0 Å². The standard InChI is InChI=1S/C36H25F13S6/c1-31(37,38)15-33(41,42)17-35(45,46)30-13-12-29(55-30)28-11-10-27(54-28)26-9-8-25(53-26)24-7-6-23(52-24)22-5-4-21(51-22)20-3-2-19(50-20)14-32(39,40)16-34(43,44)18-36(47,48)49/h2-13H,14-18H2,1H3. The van der Waals surface area contributed by atoms with Crippen molar-refractivity contribution in [1.29, 1.82) is 0 Å². The highest BCUT2D eigenvalue weighted by Crippen LogP contribution is 2.49. The number of hydrogen-bond donors (Lipinski definition) is 0. The molecular formula is C36H25F13S6. The summed E-state index contributed by atoms with van der Waals surface area (Å²) in [5, 5.41) is 0. The van der Waals surface area contributed by atoms with Gasteiger partial charge in [0.1, 0.15) is 6.42 Å². The lowest BCUT2D eigenvalue weighted by Crippen LogP contribution is -2.34. The lowest BCUT2D eigenvalue weighted by atomic mass is 10.0. The Labute approximate surface area is 329 Å². The molecule has 6 aromatic rings. The zero-order chi connectivity index (χ0) is 40.2. The van der Waals surface area contributed by atoms with Gasteiger partial charge in [-0.05, 0) is 79.7 Å². The minimum absolute atomic E-state index is 0.0612. The van der Waals surface area contributed by atoms with Crippen LogP contribution in [0.5, 0.6) is 0 Å². The van der Waals surface area contributed by atoms with E-state index in [4.69, 9.17) is 0 Å². The third-order valence-electron chi connectivity index (χ3n) is 7.73. The molecule has 6 aromatic heterocycles. The van der Waals surface area contributed by atoms with E-state index in [-0.39, 0.29) is 11.8 Å². The van der Waals surface area contributed by atoms with E-state index >= 15 is 0 Å². The van der Waals surface area contributed by atoms with Crippen LogP contribution < -0.4 is 0 Å². The van der Waals surface area contributed by atoms with Gasteiger partial charge in [-0.25, -0.2) is 43.9 Å². The van der Waals surface area contributed by atoms with E-state index in [9.17, 15) is 57.1 Å². The van der Waals surface area contributed by atoms with E-state index in [2.05, 4.69) is 0 Å². The highest BCUT2D eigenvalue weighted by Gasteiger charge is 2.51. The van der Waals surface area contributed by atoms with Crippen LogP contribution in [0.15, 0.2) is 72.8 Å². The highest BCUT2D eigenvalue weighted by atomic mass is 32.1. The summed E-state index contributed by atoms with van der Waals surface area (Å²) in [4.78, 5) is 7.24. The summed E-state index contributed by atoms with van der Waals surface area (Å²) in [6, 6.07) is 20.3. The summed E-state index contributed by atoms with van der Waals surface area (Å²) < 4.78 is 177. The van der Waals surface area contributed by atoms with Gasteiger partial charge in [0.2, 0.25) is 0 Å². The van der Waals surface area contributed by atoms with E-state index in [1.165, 1.54) is 57.5 Å². The maximum absolute atomic E-state index is 14.7. The Morgan fingerprint density at radius 3 is 1.11 bits per heavy atom. The largest absolute Gasteiger partial charge is 0.394 e. The average molecular weight is 897 g/mol. The van der Waals surface area contributed by atoms with Crippen LogP contribution in [0, 0.1) is 0 Å². The molecule has 0 aliphatic carbocycles. The predicted octanol–water partition coefficient (Wildman–Crippen LogP) is 16.7. The smallest absolute Gasteiger partial charge is 0.207 e. The van der Waals surface area contributed by atoms with Gasteiger partial charge < -0.3 is 0 Å². The first-order valence-electron chi connectivity index (χ1n) is 15.9. The summed E-state index contributed by atoms with van der Waals surface area (Å²) in [5.74, 6) is -20.7. The second-order valence-corrected chi connectivity index (χ2v) is 19.5. The maximum atomic E-state index is 14.7. The van der Waals surface area contributed by atoms with Crippen molar-refractivity contribution in [1.82, 2.24) is 0 Å². The van der Waals surface area contributed by atoms with Gasteiger partial charge in [0.25, 0.3) is 29.6 Å². The van der Waals surface area contributed by atoms with Crippen LogP contribution in [-0.2, 0) is 12.3 Å². The normalized spacial score (nSPS) is 13.6. The third-order valence-corrected chi connectivity index (χ3v) is 15.3. The summed E-state index contributed by atoms with van der Waals surface area (Å²) in [5.41, 5.74) is 0. The Bertz CT molecular complexity index is 2220. The molecule has 0 aliphatic heterocycles. The zero-order valence-electron chi connectivity index (χ0n) is 27.8. The Hall–Kier alpha value is -2.71. The molecule has 296 valence electrons. The first-order valence-corrected chi connectivity index (χ1v) is 20.8. The van der Waals surface area contributed by atoms with Gasteiger partial charge in [-0.2, -0.15) is 13.2 Å². The van der Waals surface area contributed by atoms with Crippen LogP contribution in [0.3, 0.4) is 0 Å². The van der Waals surface area contributed by atoms with Crippen molar-refractivity contribution in [2.75, 3.05) is 0 Å². The Balaban J connectivity index is 1.09. The van der Waals surface area contributed by atoms with E-state index in [1.807, 2.05) is 36.4 Å². The van der Waals surface area contributed by atoms with Crippen molar-refractivity contribution in [2.45, 2.75) is 74.8 Å². The molecule has 0 aliphatic rings. The van der Waals surface area contributed by atoms with E-state index < -0.39 is 72.8 Å². The predicted molar refractivity (Wildman–Crippen MR) is 198 cm³/mol. The average Bonchev–Trinajstić information content (AvgIpc) is 3.85. The van der Waals surface area contributed by atoms with Crippen molar-refractivity contribution in [2.24, 2.45) is 0 Å². The van der Waals surface area contributed by atoms with Crippen LogP contribution in [0.2, 0.25) is 0 Å². The lowest BCUT2D eigenvalue weighted by Gasteiger charge is -2.24. The van der Waals surface area contributed by atoms with E-state index in [1.54, 1.807) is 18.2 Å². The van der Waals surface area contributed by atoms with Crippen molar-refractivity contribution >= 4 is 68.0 Å². The minimum Gasteiger partial charge on any atom is -0.207 e. The number of hydrogen-bond acceptors (Lipinski definition) is 6.